The van der Waals surface area contributed by atoms with Crippen LogP contribution in [0.1, 0.15) is 73.9 Å². The minimum absolute atomic E-state index is 0. The Morgan fingerprint density at radius 1 is 0.862 bits per heavy atom. The predicted molar refractivity (Wildman–Crippen MR) is 129 cm³/mol. The third-order valence-corrected chi connectivity index (χ3v) is 5.70. The van der Waals surface area contributed by atoms with E-state index in [1.54, 1.807) is 0 Å². The topological polar surface area (TPSA) is 20.3 Å². The SMILES string of the molecule is Br.CCCCN(CCCC)C1=C(CC(=O)c2ccccc2)c2ccccc2CC1. The lowest BCUT2D eigenvalue weighted by molar-refractivity contribution is 0.0997. The quantitative estimate of drug-likeness (QED) is 0.356. The number of hydrogen-bond acceptors (Lipinski definition) is 2. The Bertz CT molecular complexity index is 804. The molecule has 2 aromatic rings. The number of halogens is 1. The van der Waals surface area contributed by atoms with Crippen LogP contribution in [0.3, 0.4) is 0 Å². The number of rotatable bonds is 10. The Morgan fingerprint density at radius 3 is 2.14 bits per heavy atom. The number of allylic oxidation sites excluding steroid dienone is 2. The number of nitrogens with zero attached hydrogens (tertiary/aromatic N) is 1. The van der Waals surface area contributed by atoms with Crippen LogP contribution in [-0.4, -0.2) is 23.8 Å². The summed E-state index contributed by atoms with van der Waals surface area (Å²) in [5, 5.41) is 0. The molecule has 0 saturated heterocycles. The average molecular weight is 456 g/mol. The zero-order chi connectivity index (χ0) is 19.8. The van der Waals surface area contributed by atoms with Gasteiger partial charge in [0.05, 0.1) is 0 Å². The van der Waals surface area contributed by atoms with Gasteiger partial charge in [-0.15, -0.1) is 17.0 Å². The maximum atomic E-state index is 13.1. The number of carbonyl (C=O) groups excluding carboxylic acids is 1. The highest BCUT2D eigenvalue weighted by Crippen LogP contribution is 2.36. The monoisotopic (exact) mass is 455 g/mol. The molecule has 0 radical (unpaired) electrons. The Morgan fingerprint density at radius 2 is 1.48 bits per heavy atom. The standard InChI is InChI=1S/C26H33NO.BrH/c1-3-5-18-27(19-6-4-2)25-17-16-21-12-10-11-15-23(21)24(25)20-26(28)22-13-8-7-9-14-22;/h7-15H,3-6,16-20H2,1-2H3;1H. The van der Waals surface area contributed by atoms with Gasteiger partial charge in [-0.05, 0) is 42.4 Å². The lowest BCUT2D eigenvalue weighted by Crippen LogP contribution is -2.29. The van der Waals surface area contributed by atoms with Crippen molar-refractivity contribution in [1.29, 1.82) is 0 Å². The highest BCUT2D eigenvalue weighted by molar-refractivity contribution is 8.93. The molecule has 29 heavy (non-hydrogen) atoms. The van der Waals surface area contributed by atoms with Crippen molar-refractivity contribution in [2.24, 2.45) is 0 Å². The van der Waals surface area contributed by atoms with E-state index in [-0.39, 0.29) is 22.8 Å². The fraction of sp³-hybridized carbons (Fsp3) is 0.423. The first-order valence-corrected chi connectivity index (χ1v) is 10.9. The Hall–Kier alpha value is -1.87. The highest BCUT2D eigenvalue weighted by Gasteiger charge is 2.24. The first kappa shape index (κ1) is 23.4. The maximum Gasteiger partial charge on any atom is 0.167 e. The molecule has 0 saturated carbocycles. The number of unbranched alkanes of at least 4 members (excludes halogenated alkanes) is 2. The van der Waals surface area contributed by atoms with Crippen LogP contribution in [0.5, 0.6) is 0 Å². The van der Waals surface area contributed by atoms with Crippen molar-refractivity contribution in [2.45, 2.75) is 58.8 Å². The second kappa shape index (κ2) is 12.0. The van der Waals surface area contributed by atoms with Crippen LogP contribution in [-0.2, 0) is 6.42 Å². The summed E-state index contributed by atoms with van der Waals surface area (Å²) in [6, 6.07) is 18.4. The van der Waals surface area contributed by atoms with Crippen molar-refractivity contribution in [3.63, 3.8) is 0 Å². The van der Waals surface area contributed by atoms with Gasteiger partial charge in [0, 0.05) is 30.8 Å². The molecule has 0 N–H and O–H groups in total. The van der Waals surface area contributed by atoms with Crippen LogP contribution in [0.25, 0.3) is 5.57 Å². The van der Waals surface area contributed by atoms with Gasteiger partial charge < -0.3 is 4.90 Å². The fourth-order valence-corrected chi connectivity index (χ4v) is 4.10. The zero-order valence-electron chi connectivity index (χ0n) is 17.8. The van der Waals surface area contributed by atoms with Gasteiger partial charge in [-0.2, -0.15) is 0 Å². The summed E-state index contributed by atoms with van der Waals surface area (Å²) in [6.07, 6.45) is 7.41. The normalized spacial score (nSPS) is 12.9. The van der Waals surface area contributed by atoms with E-state index in [9.17, 15) is 4.79 Å². The van der Waals surface area contributed by atoms with Crippen molar-refractivity contribution in [2.75, 3.05) is 13.1 Å². The van der Waals surface area contributed by atoms with Crippen molar-refractivity contribution < 1.29 is 4.79 Å². The number of Topliss-reactive ketones (excluding diaryl/α,β-unsaturated/α-hetero) is 1. The van der Waals surface area contributed by atoms with Gasteiger partial charge in [-0.25, -0.2) is 0 Å². The average Bonchev–Trinajstić information content (AvgIpc) is 2.75. The van der Waals surface area contributed by atoms with Gasteiger partial charge in [0.1, 0.15) is 0 Å². The number of aryl methyl sites for hydroxylation is 1. The second-order valence-corrected chi connectivity index (χ2v) is 7.74. The van der Waals surface area contributed by atoms with E-state index in [0.717, 1.165) is 31.5 Å². The summed E-state index contributed by atoms with van der Waals surface area (Å²) in [6.45, 7) is 6.69. The van der Waals surface area contributed by atoms with E-state index in [0.29, 0.717) is 6.42 Å². The lowest BCUT2D eigenvalue weighted by Gasteiger charge is -2.33. The molecule has 0 spiro atoms. The number of benzene rings is 2. The third kappa shape index (κ3) is 6.05. The first-order valence-electron chi connectivity index (χ1n) is 10.9. The first-order chi connectivity index (χ1) is 13.7. The van der Waals surface area contributed by atoms with Gasteiger partial charge >= 0.3 is 0 Å². The van der Waals surface area contributed by atoms with E-state index >= 15 is 0 Å². The molecule has 2 aromatic carbocycles. The van der Waals surface area contributed by atoms with Gasteiger partial charge in [0.25, 0.3) is 0 Å². The van der Waals surface area contributed by atoms with E-state index in [2.05, 4.69) is 43.0 Å². The van der Waals surface area contributed by atoms with Crippen molar-refractivity contribution in [3.8, 4) is 0 Å². The molecular weight excluding hydrogens is 422 g/mol. The van der Waals surface area contributed by atoms with Crippen molar-refractivity contribution in [1.82, 2.24) is 4.90 Å². The summed E-state index contributed by atoms with van der Waals surface area (Å²) in [4.78, 5) is 15.6. The predicted octanol–water partition coefficient (Wildman–Crippen LogP) is 7.10. The largest absolute Gasteiger partial charge is 0.375 e. The summed E-state index contributed by atoms with van der Waals surface area (Å²) < 4.78 is 0. The lowest BCUT2D eigenvalue weighted by atomic mass is 9.84. The number of carbonyl (C=O) groups is 1. The summed E-state index contributed by atoms with van der Waals surface area (Å²) in [5.74, 6) is 0.218. The molecule has 1 aliphatic carbocycles. The molecule has 1 aliphatic rings. The second-order valence-electron chi connectivity index (χ2n) is 7.74. The van der Waals surface area contributed by atoms with Crippen LogP contribution >= 0.6 is 17.0 Å². The number of fused-ring (bicyclic) bond motifs is 1. The zero-order valence-corrected chi connectivity index (χ0v) is 19.5. The van der Waals surface area contributed by atoms with E-state index in [4.69, 9.17) is 0 Å². The van der Waals surface area contributed by atoms with Crippen LogP contribution in [0.2, 0.25) is 0 Å². The molecule has 156 valence electrons. The smallest absolute Gasteiger partial charge is 0.167 e. The summed E-state index contributed by atoms with van der Waals surface area (Å²) in [5.41, 5.74) is 6.14. The molecule has 0 heterocycles. The molecule has 3 heteroatoms. The molecule has 0 atom stereocenters. The number of ketones is 1. The van der Waals surface area contributed by atoms with Crippen molar-refractivity contribution >= 4 is 28.3 Å². The van der Waals surface area contributed by atoms with Crippen LogP contribution in [0.4, 0.5) is 0 Å². The minimum atomic E-state index is 0. The van der Waals surface area contributed by atoms with Crippen LogP contribution in [0.15, 0.2) is 60.3 Å². The fourth-order valence-electron chi connectivity index (χ4n) is 4.10. The molecule has 0 aromatic heterocycles. The van der Waals surface area contributed by atoms with Crippen LogP contribution in [0, 0.1) is 0 Å². The van der Waals surface area contributed by atoms with E-state index in [1.165, 1.54) is 48.1 Å². The van der Waals surface area contributed by atoms with E-state index < -0.39 is 0 Å². The molecule has 3 rings (SSSR count). The van der Waals surface area contributed by atoms with Crippen LogP contribution < -0.4 is 0 Å². The molecule has 2 nitrogen and oxygen atoms in total. The number of hydrogen-bond donors (Lipinski definition) is 0. The Balaban J connectivity index is 0.00000300. The minimum Gasteiger partial charge on any atom is -0.375 e. The molecule has 0 fully saturated rings. The van der Waals surface area contributed by atoms with Crippen molar-refractivity contribution in [3.05, 3.63) is 77.0 Å². The Labute approximate surface area is 186 Å². The van der Waals surface area contributed by atoms with Gasteiger partial charge in [0.15, 0.2) is 5.78 Å². The van der Waals surface area contributed by atoms with Gasteiger partial charge in [0.2, 0.25) is 0 Å². The highest BCUT2D eigenvalue weighted by atomic mass is 79.9. The molecule has 0 unspecified atom stereocenters. The summed E-state index contributed by atoms with van der Waals surface area (Å²) >= 11 is 0. The van der Waals surface area contributed by atoms with Gasteiger partial charge in [-0.1, -0.05) is 81.3 Å². The molecule has 0 aliphatic heterocycles. The molecule has 0 bridgehead atoms. The molecular formula is C26H34BrNO. The summed E-state index contributed by atoms with van der Waals surface area (Å²) in [7, 11) is 0. The van der Waals surface area contributed by atoms with E-state index in [1.807, 2.05) is 30.3 Å². The third-order valence-electron chi connectivity index (χ3n) is 5.70. The maximum absolute atomic E-state index is 13.1. The molecule has 0 amide bonds. The Kier molecular flexibility index (Phi) is 9.66. The van der Waals surface area contributed by atoms with Gasteiger partial charge in [-0.3, -0.25) is 4.79 Å².